The maximum atomic E-state index is 3.76. The van der Waals surface area contributed by atoms with E-state index in [2.05, 4.69) is 36.0 Å². The van der Waals surface area contributed by atoms with Gasteiger partial charge in [0.1, 0.15) is 0 Å². The number of likely N-dealkylation sites (tertiary alicyclic amines) is 1. The quantitative estimate of drug-likeness (QED) is 0.806. The van der Waals surface area contributed by atoms with Crippen LogP contribution in [0.3, 0.4) is 0 Å². The fraction of sp³-hybridized carbons (Fsp3) is 1.00. The highest BCUT2D eigenvalue weighted by molar-refractivity contribution is 4.95. The summed E-state index contributed by atoms with van der Waals surface area (Å²) < 4.78 is 0. The lowest BCUT2D eigenvalue weighted by Gasteiger charge is -2.47. The first-order chi connectivity index (χ1) is 8.19. The third-order valence-electron chi connectivity index (χ3n) is 4.96. The number of nitrogens with one attached hydrogen (secondary N) is 1. The lowest BCUT2D eigenvalue weighted by atomic mass is 9.88. The Morgan fingerprint density at radius 1 is 1.12 bits per heavy atom. The Morgan fingerprint density at radius 2 is 1.76 bits per heavy atom. The molecule has 0 saturated carbocycles. The summed E-state index contributed by atoms with van der Waals surface area (Å²) in [4.78, 5) is 5.22. The molecule has 1 N–H and O–H groups in total. The summed E-state index contributed by atoms with van der Waals surface area (Å²) in [5.74, 6) is 0. The summed E-state index contributed by atoms with van der Waals surface area (Å²) in [5.41, 5.74) is 0.390. The van der Waals surface area contributed by atoms with E-state index in [0.29, 0.717) is 5.54 Å². The van der Waals surface area contributed by atoms with Crippen LogP contribution in [0.1, 0.15) is 39.5 Å². The van der Waals surface area contributed by atoms with Gasteiger partial charge in [-0.15, -0.1) is 0 Å². The molecule has 3 heteroatoms. The summed E-state index contributed by atoms with van der Waals surface area (Å²) in [7, 11) is 2.25. The van der Waals surface area contributed by atoms with E-state index in [1.54, 1.807) is 0 Å². The summed E-state index contributed by atoms with van der Waals surface area (Å²) in [5, 5.41) is 3.76. The van der Waals surface area contributed by atoms with Crippen molar-refractivity contribution in [2.24, 2.45) is 0 Å². The molecule has 0 unspecified atom stereocenters. The molecule has 0 aromatic carbocycles. The standard InChI is InChI=1S/C14H29N3/c1-4-14(5-2)12-17(11-8-15-14)13-6-9-16(3)10-7-13/h13,15H,4-12H2,1-3H3. The molecule has 0 amide bonds. The lowest BCUT2D eigenvalue weighted by Crippen LogP contribution is -2.62. The monoisotopic (exact) mass is 239 g/mol. The molecule has 3 nitrogen and oxygen atoms in total. The van der Waals surface area contributed by atoms with Gasteiger partial charge >= 0.3 is 0 Å². The minimum atomic E-state index is 0.390. The largest absolute Gasteiger partial charge is 0.309 e. The topological polar surface area (TPSA) is 18.5 Å². The molecule has 2 rings (SSSR count). The van der Waals surface area contributed by atoms with Crippen LogP contribution < -0.4 is 5.32 Å². The molecule has 2 saturated heterocycles. The molecule has 0 aromatic rings. The second kappa shape index (κ2) is 5.68. The zero-order valence-electron chi connectivity index (χ0n) is 11.8. The molecule has 100 valence electrons. The van der Waals surface area contributed by atoms with Crippen molar-refractivity contribution in [3.8, 4) is 0 Å². The minimum absolute atomic E-state index is 0.390. The van der Waals surface area contributed by atoms with Gasteiger partial charge in [-0.3, -0.25) is 4.90 Å². The normalized spacial score (nSPS) is 28.4. The van der Waals surface area contributed by atoms with Crippen molar-refractivity contribution in [3.63, 3.8) is 0 Å². The van der Waals surface area contributed by atoms with Crippen LogP contribution in [0.15, 0.2) is 0 Å². The van der Waals surface area contributed by atoms with E-state index in [1.807, 2.05) is 0 Å². The first-order valence-corrected chi connectivity index (χ1v) is 7.37. The van der Waals surface area contributed by atoms with E-state index in [9.17, 15) is 0 Å². The average Bonchev–Trinajstić information content (AvgIpc) is 2.39. The highest BCUT2D eigenvalue weighted by atomic mass is 15.3. The van der Waals surface area contributed by atoms with Crippen molar-refractivity contribution in [2.45, 2.75) is 51.1 Å². The molecule has 0 aromatic heterocycles. The van der Waals surface area contributed by atoms with Gasteiger partial charge in [-0.05, 0) is 45.8 Å². The van der Waals surface area contributed by atoms with Crippen molar-refractivity contribution >= 4 is 0 Å². The SMILES string of the molecule is CCC1(CC)CN(C2CCN(C)CC2)CCN1. The van der Waals surface area contributed by atoms with Crippen LogP contribution in [0.4, 0.5) is 0 Å². The Morgan fingerprint density at radius 3 is 2.35 bits per heavy atom. The Balaban J connectivity index is 1.92. The highest BCUT2D eigenvalue weighted by Gasteiger charge is 2.35. The van der Waals surface area contributed by atoms with Crippen LogP contribution in [0.5, 0.6) is 0 Å². The third-order valence-corrected chi connectivity index (χ3v) is 4.96. The van der Waals surface area contributed by atoms with Crippen LogP contribution in [0.2, 0.25) is 0 Å². The second-order valence-electron chi connectivity index (χ2n) is 5.92. The van der Waals surface area contributed by atoms with Crippen molar-refractivity contribution in [1.82, 2.24) is 15.1 Å². The zero-order valence-corrected chi connectivity index (χ0v) is 11.8. The minimum Gasteiger partial charge on any atom is -0.309 e. The van der Waals surface area contributed by atoms with Gasteiger partial charge in [0.25, 0.3) is 0 Å². The molecular formula is C14H29N3. The Hall–Kier alpha value is -0.120. The van der Waals surface area contributed by atoms with Gasteiger partial charge in [0, 0.05) is 31.2 Å². The molecule has 0 bridgehead atoms. The predicted molar refractivity (Wildman–Crippen MR) is 73.4 cm³/mol. The molecule has 0 aliphatic carbocycles. The summed E-state index contributed by atoms with van der Waals surface area (Å²) in [6.07, 6.45) is 5.24. The van der Waals surface area contributed by atoms with Crippen molar-refractivity contribution in [1.29, 1.82) is 0 Å². The fourth-order valence-corrected chi connectivity index (χ4v) is 3.38. The Labute approximate surface area is 107 Å². The average molecular weight is 239 g/mol. The van der Waals surface area contributed by atoms with E-state index < -0.39 is 0 Å². The van der Waals surface area contributed by atoms with E-state index in [-0.39, 0.29) is 0 Å². The fourth-order valence-electron chi connectivity index (χ4n) is 3.38. The van der Waals surface area contributed by atoms with Crippen molar-refractivity contribution in [2.75, 3.05) is 39.8 Å². The second-order valence-corrected chi connectivity index (χ2v) is 5.92. The molecule has 2 heterocycles. The van der Waals surface area contributed by atoms with Crippen LogP contribution in [-0.2, 0) is 0 Å². The van der Waals surface area contributed by atoms with E-state index >= 15 is 0 Å². The Kier molecular flexibility index (Phi) is 4.45. The molecule has 2 fully saturated rings. The van der Waals surface area contributed by atoms with E-state index in [0.717, 1.165) is 6.04 Å². The maximum absolute atomic E-state index is 3.76. The number of piperidine rings is 1. The number of hydrogen-bond donors (Lipinski definition) is 1. The molecule has 0 radical (unpaired) electrons. The first-order valence-electron chi connectivity index (χ1n) is 7.37. The predicted octanol–water partition coefficient (Wildman–Crippen LogP) is 1.54. The van der Waals surface area contributed by atoms with Gasteiger partial charge in [-0.25, -0.2) is 0 Å². The van der Waals surface area contributed by atoms with Crippen LogP contribution in [0, 0.1) is 0 Å². The third kappa shape index (κ3) is 3.01. The van der Waals surface area contributed by atoms with Crippen LogP contribution in [0.25, 0.3) is 0 Å². The van der Waals surface area contributed by atoms with Crippen molar-refractivity contribution in [3.05, 3.63) is 0 Å². The molecule has 0 atom stereocenters. The smallest absolute Gasteiger partial charge is 0.0304 e. The van der Waals surface area contributed by atoms with Crippen LogP contribution in [-0.4, -0.2) is 61.2 Å². The zero-order chi connectivity index (χ0) is 12.3. The Bertz CT molecular complexity index is 230. The maximum Gasteiger partial charge on any atom is 0.0304 e. The van der Waals surface area contributed by atoms with Gasteiger partial charge in [-0.1, -0.05) is 13.8 Å². The molecule has 17 heavy (non-hydrogen) atoms. The first kappa shape index (κ1) is 13.3. The van der Waals surface area contributed by atoms with Gasteiger partial charge in [0.15, 0.2) is 0 Å². The number of hydrogen-bond acceptors (Lipinski definition) is 3. The summed E-state index contributed by atoms with van der Waals surface area (Å²) in [6.45, 7) is 10.9. The van der Waals surface area contributed by atoms with Gasteiger partial charge < -0.3 is 10.2 Å². The van der Waals surface area contributed by atoms with E-state index in [1.165, 1.54) is 58.4 Å². The molecule has 0 spiro atoms. The number of piperazine rings is 1. The van der Waals surface area contributed by atoms with E-state index in [4.69, 9.17) is 0 Å². The molecule has 2 aliphatic heterocycles. The van der Waals surface area contributed by atoms with Gasteiger partial charge in [-0.2, -0.15) is 0 Å². The summed E-state index contributed by atoms with van der Waals surface area (Å²) >= 11 is 0. The summed E-state index contributed by atoms with van der Waals surface area (Å²) in [6, 6.07) is 0.839. The van der Waals surface area contributed by atoms with Gasteiger partial charge in [0.05, 0.1) is 0 Å². The van der Waals surface area contributed by atoms with Crippen LogP contribution >= 0.6 is 0 Å². The molecule has 2 aliphatic rings. The van der Waals surface area contributed by atoms with Crippen molar-refractivity contribution < 1.29 is 0 Å². The number of nitrogens with zero attached hydrogens (tertiary/aromatic N) is 2. The number of rotatable bonds is 3. The molecular weight excluding hydrogens is 210 g/mol. The highest BCUT2D eigenvalue weighted by Crippen LogP contribution is 2.24. The van der Waals surface area contributed by atoms with Gasteiger partial charge in [0.2, 0.25) is 0 Å². The lowest BCUT2D eigenvalue weighted by molar-refractivity contribution is 0.0554.